The number of ether oxygens (including phenoxy) is 1. The smallest absolute Gasteiger partial charge is 0.339 e. The Labute approximate surface area is 137 Å². The first-order valence-corrected chi connectivity index (χ1v) is 7.26. The largest absolute Gasteiger partial charge is 0.465 e. The van der Waals surface area contributed by atoms with E-state index in [1.165, 1.54) is 13.3 Å². The number of carbonyl (C=O) groups is 1. The summed E-state index contributed by atoms with van der Waals surface area (Å²) in [5.41, 5.74) is 1.49. The van der Waals surface area contributed by atoms with E-state index in [1.54, 1.807) is 0 Å². The number of nitrogens with one attached hydrogen (secondary N) is 1. The monoisotopic (exact) mass is 329 g/mol. The van der Waals surface area contributed by atoms with Crippen LogP contribution in [0.15, 0.2) is 36.5 Å². The molecule has 1 heterocycles. The topological polar surface area (TPSA) is 115 Å². The van der Waals surface area contributed by atoms with Crippen molar-refractivity contribution in [2.75, 3.05) is 12.4 Å². The predicted molar refractivity (Wildman–Crippen MR) is 84.7 cm³/mol. The molecule has 0 saturated heterocycles. The van der Waals surface area contributed by atoms with Gasteiger partial charge in [-0.05, 0) is 11.1 Å². The molecule has 2 N–H and O–H groups in total. The number of esters is 1. The Bertz CT molecular complexity index is 808. The van der Waals surface area contributed by atoms with Gasteiger partial charge < -0.3 is 15.2 Å². The highest BCUT2D eigenvalue weighted by Crippen LogP contribution is 2.35. The van der Waals surface area contributed by atoms with Gasteiger partial charge in [0.05, 0.1) is 29.7 Å². The number of nitro groups is 1. The highest BCUT2D eigenvalue weighted by Gasteiger charge is 2.33. The van der Waals surface area contributed by atoms with Crippen molar-refractivity contribution in [3.63, 3.8) is 0 Å². The Morgan fingerprint density at radius 2 is 2.21 bits per heavy atom. The highest BCUT2D eigenvalue weighted by molar-refractivity contribution is 5.90. The van der Waals surface area contributed by atoms with E-state index in [2.05, 4.69) is 15.0 Å². The van der Waals surface area contributed by atoms with Crippen LogP contribution < -0.4 is 5.32 Å². The number of methoxy groups -OCH3 is 1. The van der Waals surface area contributed by atoms with Crippen LogP contribution in [0.5, 0.6) is 0 Å². The number of aliphatic hydroxyl groups is 1. The molecule has 8 nitrogen and oxygen atoms in total. The van der Waals surface area contributed by atoms with E-state index >= 15 is 0 Å². The van der Waals surface area contributed by atoms with Gasteiger partial charge in [-0.1, -0.05) is 24.3 Å². The molecule has 124 valence electrons. The molecule has 1 aromatic carbocycles. The van der Waals surface area contributed by atoms with Crippen LogP contribution in [-0.2, 0) is 11.2 Å². The van der Waals surface area contributed by atoms with Crippen LogP contribution in [0, 0.1) is 10.1 Å². The van der Waals surface area contributed by atoms with Gasteiger partial charge in [0.25, 0.3) is 0 Å². The number of hydrogen-bond donors (Lipinski definition) is 2. The summed E-state index contributed by atoms with van der Waals surface area (Å²) in [7, 11) is 1.19. The second-order valence-electron chi connectivity index (χ2n) is 5.43. The number of fused-ring (bicyclic) bond motifs is 1. The number of carbonyl (C=O) groups excluding carboxylic acids is 1. The van der Waals surface area contributed by atoms with E-state index in [1.807, 2.05) is 24.3 Å². The van der Waals surface area contributed by atoms with Crippen molar-refractivity contribution in [2.45, 2.75) is 18.6 Å². The van der Waals surface area contributed by atoms with Gasteiger partial charge in [-0.15, -0.1) is 0 Å². The van der Waals surface area contributed by atoms with Crippen molar-refractivity contribution in [3.05, 3.63) is 63.3 Å². The Morgan fingerprint density at radius 1 is 1.46 bits per heavy atom. The summed E-state index contributed by atoms with van der Waals surface area (Å²) in [4.78, 5) is 26.2. The number of aliphatic hydroxyl groups excluding tert-OH is 1. The number of pyridine rings is 1. The first kappa shape index (κ1) is 15.9. The van der Waals surface area contributed by atoms with Gasteiger partial charge in [0.2, 0.25) is 5.82 Å². The van der Waals surface area contributed by atoms with Crippen LogP contribution in [0.2, 0.25) is 0 Å². The minimum Gasteiger partial charge on any atom is -0.465 e. The fraction of sp³-hybridized carbons (Fsp3) is 0.250. The molecule has 0 bridgehead atoms. The van der Waals surface area contributed by atoms with Gasteiger partial charge in [0, 0.05) is 18.7 Å². The minimum atomic E-state index is -0.718. The van der Waals surface area contributed by atoms with Crippen LogP contribution in [-0.4, -0.2) is 34.2 Å². The maximum Gasteiger partial charge on any atom is 0.339 e. The number of benzene rings is 1. The summed E-state index contributed by atoms with van der Waals surface area (Å²) in [6.07, 6.45) is 0.945. The van der Waals surface area contributed by atoms with E-state index in [4.69, 9.17) is 0 Å². The lowest BCUT2D eigenvalue weighted by molar-refractivity contribution is -0.384. The Kier molecular flexibility index (Phi) is 4.13. The lowest BCUT2D eigenvalue weighted by Gasteiger charge is -2.18. The highest BCUT2D eigenvalue weighted by atomic mass is 16.6. The zero-order chi connectivity index (χ0) is 17.3. The Hall–Kier alpha value is -3.00. The van der Waals surface area contributed by atoms with Crippen LogP contribution >= 0.6 is 0 Å². The van der Waals surface area contributed by atoms with E-state index in [0.29, 0.717) is 6.42 Å². The van der Waals surface area contributed by atoms with Gasteiger partial charge in [-0.2, -0.15) is 0 Å². The number of aromatic nitrogens is 1. The summed E-state index contributed by atoms with van der Waals surface area (Å²) in [5, 5.41) is 24.5. The fourth-order valence-electron chi connectivity index (χ4n) is 2.83. The molecule has 1 aliphatic carbocycles. The molecule has 2 atom stereocenters. The summed E-state index contributed by atoms with van der Waals surface area (Å²) < 4.78 is 4.55. The molecule has 0 spiro atoms. The van der Waals surface area contributed by atoms with E-state index in [0.717, 1.165) is 17.2 Å². The summed E-state index contributed by atoms with van der Waals surface area (Å²) >= 11 is 0. The number of rotatable bonds is 4. The second-order valence-corrected chi connectivity index (χ2v) is 5.43. The van der Waals surface area contributed by atoms with Crippen LogP contribution in [0.4, 0.5) is 11.5 Å². The van der Waals surface area contributed by atoms with Gasteiger partial charge in [0.1, 0.15) is 0 Å². The van der Waals surface area contributed by atoms with Gasteiger partial charge in [-0.25, -0.2) is 9.78 Å². The molecule has 24 heavy (non-hydrogen) atoms. The zero-order valence-electron chi connectivity index (χ0n) is 12.8. The average molecular weight is 329 g/mol. The molecule has 0 saturated carbocycles. The minimum absolute atomic E-state index is 0.00611. The van der Waals surface area contributed by atoms with Gasteiger partial charge in [0.15, 0.2) is 0 Å². The quantitative estimate of drug-likeness (QED) is 0.499. The molecule has 1 aliphatic rings. The van der Waals surface area contributed by atoms with Gasteiger partial charge in [-0.3, -0.25) is 10.1 Å². The maximum atomic E-state index is 11.5. The summed E-state index contributed by atoms with van der Waals surface area (Å²) in [6, 6.07) is 8.08. The predicted octanol–water partition coefficient (Wildman–Crippen LogP) is 1.85. The van der Waals surface area contributed by atoms with Crippen molar-refractivity contribution in [1.82, 2.24) is 4.98 Å². The third-order valence-electron chi connectivity index (χ3n) is 3.98. The van der Waals surface area contributed by atoms with Crippen molar-refractivity contribution in [2.24, 2.45) is 0 Å². The van der Waals surface area contributed by atoms with Crippen LogP contribution in [0.1, 0.15) is 27.5 Å². The molecule has 1 aromatic heterocycles. The normalized spacial score (nSPS) is 18.8. The molecule has 0 amide bonds. The third kappa shape index (κ3) is 2.79. The molecule has 0 aliphatic heterocycles. The first-order chi connectivity index (χ1) is 11.5. The molecule has 3 rings (SSSR count). The van der Waals surface area contributed by atoms with E-state index < -0.39 is 23.0 Å². The van der Waals surface area contributed by atoms with E-state index in [-0.39, 0.29) is 17.1 Å². The summed E-state index contributed by atoms with van der Waals surface area (Å²) in [5.74, 6) is -0.711. The van der Waals surface area contributed by atoms with Crippen LogP contribution in [0.3, 0.4) is 0 Å². The Morgan fingerprint density at radius 3 is 2.92 bits per heavy atom. The fourth-order valence-corrected chi connectivity index (χ4v) is 2.83. The third-order valence-corrected chi connectivity index (χ3v) is 3.98. The number of nitrogens with zero attached hydrogens (tertiary/aromatic N) is 2. The van der Waals surface area contributed by atoms with Crippen molar-refractivity contribution < 1.29 is 19.6 Å². The van der Waals surface area contributed by atoms with Gasteiger partial charge >= 0.3 is 11.7 Å². The average Bonchev–Trinajstić information content (AvgIpc) is 2.90. The molecule has 2 aromatic rings. The summed E-state index contributed by atoms with van der Waals surface area (Å²) in [6.45, 7) is 0. The molecular formula is C16H15N3O5. The first-order valence-electron chi connectivity index (χ1n) is 7.26. The molecule has 0 fully saturated rings. The van der Waals surface area contributed by atoms with E-state index in [9.17, 15) is 20.0 Å². The number of anilines is 1. The van der Waals surface area contributed by atoms with Crippen LogP contribution in [0.25, 0.3) is 0 Å². The maximum absolute atomic E-state index is 11.5. The molecule has 0 unspecified atom stereocenters. The lowest BCUT2D eigenvalue weighted by atomic mass is 10.1. The van der Waals surface area contributed by atoms with Crippen molar-refractivity contribution in [3.8, 4) is 0 Å². The van der Waals surface area contributed by atoms with Crippen molar-refractivity contribution in [1.29, 1.82) is 0 Å². The lowest BCUT2D eigenvalue weighted by Crippen LogP contribution is -2.22. The molecule has 0 radical (unpaired) electrons. The second kappa shape index (κ2) is 6.25. The van der Waals surface area contributed by atoms with Crippen molar-refractivity contribution >= 4 is 17.5 Å². The standard InChI is InChI=1S/C16H15N3O5/c1-24-16(21)10-6-12(19(22)23)15(17-8-10)18-14-11-5-3-2-4-9(11)7-13(14)20/h2-6,8,13-14,20H,7H2,1H3,(H,17,18)/t13-,14+/m1/s1. The Balaban J connectivity index is 1.95. The molecular weight excluding hydrogens is 314 g/mol. The zero-order valence-corrected chi connectivity index (χ0v) is 12.8. The molecule has 8 heteroatoms. The SMILES string of the molecule is COC(=O)c1cnc(N[C@H]2c3ccccc3C[C@H]2O)c([N+](=O)[O-])c1. The number of hydrogen-bond acceptors (Lipinski definition) is 7.